The largest absolute Gasteiger partial charge is 0.354 e. The molecule has 1 N–H and O–H groups in total. The van der Waals surface area contributed by atoms with Crippen LogP contribution in [0.15, 0.2) is 42.5 Å². The fourth-order valence-electron chi connectivity index (χ4n) is 3.28. The van der Waals surface area contributed by atoms with Crippen molar-refractivity contribution < 1.29 is 18.0 Å². The van der Waals surface area contributed by atoms with Crippen LogP contribution in [0.5, 0.6) is 0 Å². The number of hydrogen-bond acceptors (Lipinski definition) is 4. The Balaban J connectivity index is 2.40. The Hall–Kier alpha value is -2.29. The van der Waals surface area contributed by atoms with Crippen LogP contribution in [-0.2, 0) is 26.2 Å². The van der Waals surface area contributed by atoms with Crippen molar-refractivity contribution in [1.29, 1.82) is 0 Å². The smallest absolute Gasteiger partial charge is 0.244 e. The van der Waals surface area contributed by atoms with Crippen molar-refractivity contribution in [2.75, 3.05) is 23.7 Å². The summed E-state index contributed by atoms with van der Waals surface area (Å²) in [6.07, 6.45) is 1.75. The fraction of sp³-hybridized carbons (Fsp3) is 0.391. The lowest BCUT2D eigenvalue weighted by molar-refractivity contribution is -0.139. The monoisotopic (exact) mass is 513 g/mol. The topological polar surface area (TPSA) is 86.8 Å². The molecular formula is C23H29Cl2N3O4S. The Bertz CT molecular complexity index is 1090. The molecule has 180 valence electrons. The van der Waals surface area contributed by atoms with Gasteiger partial charge in [0.2, 0.25) is 21.8 Å². The second-order valence-corrected chi connectivity index (χ2v) is 10.7. The van der Waals surface area contributed by atoms with E-state index in [4.69, 9.17) is 23.2 Å². The average Bonchev–Trinajstić information content (AvgIpc) is 2.71. The number of amides is 2. The first-order valence-electron chi connectivity index (χ1n) is 10.5. The third kappa shape index (κ3) is 7.91. The van der Waals surface area contributed by atoms with Gasteiger partial charge in [0.25, 0.3) is 0 Å². The second kappa shape index (κ2) is 11.7. The van der Waals surface area contributed by atoms with Gasteiger partial charge in [-0.1, -0.05) is 60.0 Å². The van der Waals surface area contributed by atoms with Gasteiger partial charge >= 0.3 is 0 Å². The number of halogens is 2. The molecule has 0 heterocycles. The summed E-state index contributed by atoms with van der Waals surface area (Å²) in [4.78, 5) is 27.5. The molecule has 2 rings (SSSR count). The van der Waals surface area contributed by atoms with Gasteiger partial charge in [-0.25, -0.2) is 8.42 Å². The molecule has 33 heavy (non-hydrogen) atoms. The number of carbonyl (C=O) groups is 2. The maximum Gasteiger partial charge on any atom is 0.244 e. The second-order valence-electron chi connectivity index (χ2n) is 7.87. The molecule has 0 fully saturated rings. The lowest BCUT2D eigenvalue weighted by atomic mass is 10.1. The van der Waals surface area contributed by atoms with Crippen LogP contribution in [0.2, 0.25) is 10.0 Å². The molecule has 2 amide bonds. The summed E-state index contributed by atoms with van der Waals surface area (Å²) in [5.74, 6) is -0.841. The van der Waals surface area contributed by atoms with E-state index in [1.54, 1.807) is 6.92 Å². The SMILES string of the molecule is CCCNC(=O)C(C)N(Cc1cccc(C)c1)C(=O)CN(c1cc(Cl)cc(Cl)c1)S(C)(=O)=O. The highest BCUT2D eigenvalue weighted by Gasteiger charge is 2.30. The molecule has 0 aliphatic rings. The standard InChI is InChI=1S/C23H29Cl2N3O4S/c1-5-9-26-23(30)17(3)27(14-18-8-6-7-16(2)10-18)22(29)15-28(33(4,31)32)21-12-19(24)11-20(25)13-21/h6-8,10-13,17H,5,9,14-15H2,1-4H3,(H,26,30). The Kier molecular flexibility index (Phi) is 9.57. The Labute approximate surface area is 205 Å². The zero-order valence-corrected chi connectivity index (χ0v) is 21.5. The maximum atomic E-state index is 13.4. The van der Waals surface area contributed by atoms with Gasteiger partial charge in [-0.2, -0.15) is 0 Å². The molecule has 7 nitrogen and oxygen atoms in total. The van der Waals surface area contributed by atoms with E-state index in [9.17, 15) is 18.0 Å². The molecular weight excluding hydrogens is 485 g/mol. The van der Waals surface area contributed by atoms with Gasteiger partial charge in [-0.15, -0.1) is 0 Å². The molecule has 0 radical (unpaired) electrons. The van der Waals surface area contributed by atoms with E-state index < -0.39 is 28.5 Å². The van der Waals surface area contributed by atoms with Crippen LogP contribution in [0.3, 0.4) is 0 Å². The normalized spacial score (nSPS) is 12.2. The van der Waals surface area contributed by atoms with Gasteiger partial charge in [0, 0.05) is 23.1 Å². The Morgan fingerprint density at radius 1 is 1.09 bits per heavy atom. The van der Waals surface area contributed by atoms with E-state index in [-0.39, 0.29) is 28.2 Å². The molecule has 0 bridgehead atoms. The molecule has 1 atom stereocenters. The average molecular weight is 514 g/mol. The van der Waals surface area contributed by atoms with Crippen LogP contribution in [-0.4, -0.2) is 50.5 Å². The molecule has 1 unspecified atom stereocenters. The van der Waals surface area contributed by atoms with Gasteiger partial charge in [0.15, 0.2) is 0 Å². The highest BCUT2D eigenvalue weighted by Crippen LogP contribution is 2.27. The number of hydrogen-bond donors (Lipinski definition) is 1. The predicted octanol–water partition coefficient (Wildman–Crippen LogP) is 4.01. The third-order valence-electron chi connectivity index (χ3n) is 4.97. The summed E-state index contributed by atoms with van der Waals surface area (Å²) < 4.78 is 26.0. The predicted molar refractivity (Wildman–Crippen MR) is 133 cm³/mol. The van der Waals surface area contributed by atoms with Crippen molar-refractivity contribution in [1.82, 2.24) is 10.2 Å². The van der Waals surface area contributed by atoms with Crippen molar-refractivity contribution in [3.8, 4) is 0 Å². The van der Waals surface area contributed by atoms with Gasteiger partial charge < -0.3 is 10.2 Å². The summed E-state index contributed by atoms with van der Waals surface area (Å²) in [5.41, 5.74) is 2.01. The van der Waals surface area contributed by atoms with E-state index in [1.807, 2.05) is 38.1 Å². The minimum Gasteiger partial charge on any atom is -0.354 e. The van der Waals surface area contributed by atoms with E-state index >= 15 is 0 Å². The summed E-state index contributed by atoms with van der Waals surface area (Å²) in [5, 5.41) is 3.27. The first kappa shape index (κ1) is 27.0. The van der Waals surface area contributed by atoms with Gasteiger partial charge in [0.05, 0.1) is 11.9 Å². The zero-order chi connectivity index (χ0) is 24.8. The van der Waals surface area contributed by atoms with Gasteiger partial charge in [-0.3, -0.25) is 13.9 Å². The minimum atomic E-state index is -3.85. The van der Waals surface area contributed by atoms with Crippen LogP contribution < -0.4 is 9.62 Å². The fourth-order valence-corrected chi connectivity index (χ4v) is 4.63. The van der Waals surface area contributed by atoms with E-state index in [0.717, 1.165) is 28.1 Å². The van der Waals surface area contributed by atoms with Crippen LogP contribution >= 0.6 is 23.2 Å². The highest BCUT2D eigenvalue weighted by atomic mass is 35.5. The molecule has 0 saturated heterocycles. The highest BCUT2D eigenvalue weighted by molar-refractivity contribution is 7.92. The number of carbonyl (C=O) groups excluding carboxylic acids is 2. The quantitative estimate of drug-likeness (QED) is 0.519. The molecule has 2 aromatic rings. The number of aryl methyl sites for hydroxylation is 1. The maximum absolute atomic E-state index is 13.4. The van der Waals surface area contributed by atoms with Crippen molar-refractivity contribution >= 4 is 50.7 Å². The molecule has 0 aliphatic heterocycles. The number of anilines is 1. The first-order valence-corrected chi connectivity index (χ1v) is 13.1. The lowest BCUT2D eigenvalue weighted by Gasteiger charge is -2.31. The number of nitrogens with one attached hydrogen (secondary N) is 1. The summed E-state index contributed by atoms with van der Waals surface area (Å²) in [7, 11) is -3.85. The molecule has 10 heteroatoms. The number of rotatable bonds is 10. The van der Waals surface area contributed by atoms with Crippen molar-refractivity contribution in [2.45, 2.75) is 39.8 Å². The minimum absolute atomic E-state index is 0.148. The Morgan fingerprint density at radius 2 is 1.73 bits per heavy atom. The van der Waals surface area contributed by atoms with Crippen molar-refractivity contribution in [3.63, 3.8) is 0 Å². The molecule has 0 aliphatic carbocycles. The zero-order valence-electron chi connectivity index (χ0n) is 19.1. The van der Waals surface area contributed by atoms with E-state index in [0.29, 0.717) is 6.54 Å². The molecule has 0 spiro atoms. The van der Waals surface area contributed by atoms with Crippen LogP contribution in [0, 0.1) is 6.92 Å². The summed E-state index contributed by atoms with van der Waals surface area (Å²) in [6.45, 7) is 5.61. The lowest BCUT2D eigenvalue weighted by Crippen LogP contribution is -2.51. The molecule has 2 aromatic carbocycles. The number of benzene rings is 2. The van der Waals surface area contributed by atoms with E-state index in [1.165, 1.54) is 23.1 Å². The summed E-state index contributed by atoms with van der Waals surface area (Å²) >= 11 is 12.1. The number of nitrogens with zero attached hydrogens (tertiary/aromatic N) is 2. The van der Waals surface area contributed by atoms with Crippen molar-refractivity contribution in [3.05, 3.63) is 63.6 Å². The van der Waals surface area contributed by atoms with Gasteiger partial charge in [-0.05, 0) is 44.0 Å². The van der Waals surface area contributed by atoms with Crippen LogP contribution in [0.25, 0.3) is 0 Å². The Morgan fingerprint density at radius 3 is 2.27 bits per heavy atom. The first-order chi connectivity index (χ1) is 15.4. The summed E-state index contributed by atoms with van der Waals surface area (Å²) in [6, 6.07) is 11.1. The molecule has 0 saturated carbocycles. The van der Waals surface area contributed by atoms with Crippen molar-refractivity contribution in [2.24, 2.45) is 0 Å². The number of sulfonamides is 1. The molecule has 0 aromatic heterocycles. The van der Waals surface area contributed by atoms with Crippen LogP contribution in [0.4, 0.5) is 5.69 Å². The third-order valence-corrected chi connectivity index (χ3v) is 6.54. The van der Waals surface area contributed by atoms with Gasteiger partial charge in [0.1, 0.15) is 12.6 Å². The van der Waals surface area contributed by atoms with E-state index in [2.05, 4.69) is 5.32 Å². The van der Waals surface area contributed by atoms with Crippen LogP contribution in [0.1, 0.15) is 31.4 Å².